The van der Waals surface area contributed by atoms with Crippen LogP contribution in [0.25, 0.3) is 0 Å². The first kappa shape index (κ1) is 22.8. The SMILES string of the molecule is CCOC(=O)C1=C(CN(C)CC(=O)Nc2ccccc2SC)NC(=O)N[C@@H]1CC. The van der Waals surface area contributed by atoms with E-state index in [2.05, 4.69) is 16.0 Å². The molecule has 9 heteroatoms. The van der Waals surface area contributed by atoms with Crippen LogP contribution in [0, 0.1) is 0 Å². The highest BCUT2D eigenvalue weighted by molar-refractivity contribution is 7.98. The number of thioether (sulfide) groups is 1. The number of amides is 3. The zero-order valence-electron chi connectivity index (χ0n) is 17.2. The maximum absolute atomic E-state index is 12.5. The number of hydrogen-bond donors (Lipinski definition) is 3. The molecule has 3 N–H and O–H groups in total. The molecule has 1 aliphatic heterocycles. The molecule has 2 rings (SSSR count). The predicted molar refractivity (Wildman–Crippen MR) is 114 cm³/mol. The van der Waals surface area contributed by atoms with Gasteiger partial charge in [0.15, 0.2) is 0 Å². The normalized spacial score (nSPS) is 16.3. The molecule has 0 fully saturated rings. The topological polar surface area (TPSA) is 99.8 Å². The van der Waals surface area contributed by atoms with E-state index in [0.29, 0.717) is 17.7 Å². The molecule has 1 heterocycles. The lowest BCUT2D eigenvalue weighted by atomic mass is 10.00. The maximum atomic E-state index is 12.5. The molecule has 1 aliphatic rings. The molecule has 0 spiro atoms. The van der Waals surface area contributed by atoms with Gasteiger partial charge < -0.3 is 20.7 Å². The van der Waals surface area contributed by atoms with Crippen LogP contribution < -0.4 is 16.0 Å². The number of urea groups is 1. The van der Waals surface area contributed by atoms with Gasteiger partial charge >= 0.3 is 12.0 Å². The van der Waals surface area contributed by atoms with Crippen LogP contribution in [0.15, 0.2) is 40.4 Å². The van der Waals surface area contributed by atoms with Gasteiger partial charge in [-0.25, -0.2) is 9.59 Å². The van der Waals surface area contributed by atoms with Crippen molar-refractivity contribution in [2.45, 2.75) is 31.2 Å². The van der Waals surface area contributed by atoms with Crippen LogP contribution in [0.3, 0.4) is 0 Å². The van der Waals surface area contributed by atoms with Gasteiger partial charge in [-0.15, -0.1) is 11.8 Å². The largest absolute Gasteiger partial charge is 0.463 e. The van der Waals surface area contributed by atoms with Crippen LogP contribution in [0.1, 0.15) is 20.3 Å². The Balaban J connectivity index is 2.11. The van der Waals surface area contributed by atoms with Gasteiger partial charge in [-0.3, -0.25) is 9.69 Å². The van der Waals surface area contributed by atoms with Crippen molar-refractivity contribution in [3.8, 4) is 0 Å². The number of hydrogen-bond acceptors (Lipinski definition) is 6. The monoisotopic (exact) mass is 420 g/mol. The van der Waals surface area contributed by atoms with Crippen molar-refractivity contribution in [1.82, 2.24) is 15.5 Å². The van der Waals surface area contributed by atoms with Gasteiger partial charge in [-0.05, 0) is 38.8 Å². The molecule has 0 aromatic heterocycles. The van der Waals surface area contributed by atoms with Crippen molar-refractivity contribution in [1.29, 1.82) is 0 Å². The number of nitrogens with one attached hydrogen (secondary N) is 3. The van der Waals surface area contributed by atoms with Crippen molar-refractivity contribution in [2.75, 3.05) is 38.3 Å². The highest BCUT2D eigenvalue weighted by atomic mass is 32.2. The highest BCUT2D eigenvalue weighted by Gasteiger charge is 2.31. The van der Waals surface area contributed by atoms with Gasteiger partial charge in [-0.1, -0.05) is 19.1 Å². The van der Waals surface area contributed by atoms with Crippen LogP contribution in [0.4, 0.5) is 10.5 Å². The molecule has 0 saturated heterocycles. The molecule has 0 bridgehead atoms. The number of benzene rings is 1. The first-order valence-corrected chi connectivity index (χ1v) is 10.7. The first-order chi connectivity index (χ1) is 13.9. The summed E-state index contributed by atoms with van der Waals surface area (Å²) in [6.45, 7) is 4.19. The average Bonchev–Trinajstić information content (AvgIpc) is 2.67. The van der Waals surface area contributed by atoms with Crippen LogP contribution in [-0.2, 0) is 14.3 Å². The van der Waals surface area contributed by atoms with E-state index in [1.165, 1.54) is 0 Å². The van der Waals surface area contributed by atoms with Gasteiger partial charge in [0.25, 0.3) is 0 Å². The van der Waals surface area contributed by atoms with Crippen molar-refractivity contribution < 1.29 is 19.1 Å². The molecular weight excluding hydrogens is 392 g/mol. The first-order valence-electron chi connectivity index (χ1n) is 9.48. The number of ether oxygens (including phenoxy) is 1. The third-order valence-electron chi connectivity index (χ3n) is 4.37. The molecule has 1 atom stereocenters. The smallest absolute Gasteiger partial charge is 0.337 e. The quantitative estimate of drug-likeness (QED) is 0.418. The van der Waals surface area contributed by atoms with E-state index in [1.54, 1.807) is 30.6 Å². The Hall–Kier alpha value is -2.52. The summed E-state index contributed by atoms with van der Waals surface area (Å²) in [6, 6.07) is 6.78. The number of rotatable bonds is 9. The zero-order chi connectivity index (χ0) is 21.4. The fraction of sp³-hybridized carbons (Fsp3) is 0.450. The molecule has 8 nitrogen and oxygen atoms in total. The van der Waals surface area contributed by atoms with Crippen molar-refractivity contribution in [3.63, 3.8) is 0 Å². The van der Waals surface area contributed by atoms with Gasteiger partial charge in [-0.2, -0.15) is 0 Å². The molecule has 1 aromatic rings. The van der Waals surface area contributed by atoms with E-state index in [0.717, 1.165) is 10.6 Å². The molecule has 0 unspecified atom stereocenters. The Morgan fingerprint density at radius 3 is 2.66 bits per heavy atom. The van der Waals surface area contributed by atoms with Crippen LogP contribution in [0.2, 0.25) is 0 Å². The molecule has 158 valence electrons. The summed E-state index contributed by atoms with van der Waals surface area (Å²) in [5, 5.41) is 8.33. The lowest BCUT2D eigenvalue weighted by Crippen LogP contribution is -2.52. The number of anilines is 1. The van der Waals surface area contributed by atoms with Gasteiger partial charge in [0.05, 0.1) is 30.5 Å². The number of para-hydroxylation sites is 1. The molecule has 1 aromatic carbocycles. The number of likely N-dealkylation sites (N-methyl/N-ethyl adjacent to an activating group) is 1. The number of esters is 1. The second kappa shape index (κ2) is 10.9. The number of carbonyl (C=O) groups is 3. The summed E-state index contributed by atoms with van der Waals surface area (Å²) in [7, 11) is 1.75. The van der Waals surface area contributed by atoms with E-state index in [4.69, 9.17) is 4.74 Å². The van der Waals surface area contributed by atoms with Crippen molar-refractivity contribution >= 4 is 35.4 Å². The Morgan fingerprint density at radius 1 is 1.28 bits per heavy atom. The fourth-order valence-corrected chi connectivity index (χ4v) is 3.65. The molecule has 0 saturated carbocycles. The third-order valence-corrected chi connectivity index (χ3v) is 5.17. The van der Waals surface area contributed by atoms with E-state index >= 15 is 0 Å². The lowest BCUT2D eigenvalue weighted by molar-refractivity contribution is -0.139. The van der Waals surface area contributed by atoms with Crippen LogP contribution >= 0.6 is 11.8 Å². The molecule has 3 amide bonds. The molecule has 0 radical (unpaired) electrons. The lowest BCUT2D eigenvalue weighted by Gasteiger charge is -2.30. The summed E-state index contributed by atoms with van der Waals surface area (Å²) in [6.07, 6.45) is 2.51. The summed E-state index contributed by atoms with van der Waals surface area (Å²) in [4.78, 5) is 39.6. The Kier molecular flexibility index (Phi) is 8.53. The number of nitrogens with zero attached hydrogens (tertiary/aromatic N) is 1. The van der Waals surface area contributed by atoms with Gasteiger partial charge in [0.1, 0.15) is 0 Å². The highest BCUT2D eigenvalue weighted by Crippen LogP contribution is 2.24. The van der Waals surface area contributed by atoms with Crippen molar-refractivity contribution in [3.05, 3.63) is 35.5 Å². The van der Waals surface area contributed by atoms with Gasteiger partial charge in [0.2, 0.25) is 5.91 Å². The zero-order valence-corrected chi connectivity index (χ0v) is 18.0. The van der Waals surface area contributed by atoms with Crippen LogP contribution in [-0.4, -0.2) is 61.8 Å². The molecular formula is C20H28N4O4S. The minimum Gasteiger partial charge on any atom is -0.463 e. The fourth-order valence-electron chi connectivity index (χ4n) is 3.09. The summed E-state index contributed by atoms with van der Waals surface area (Å²) in [5.74, 6) is -0.645. The summed E-state index contributed by atoms with van der Waals surface area (Å²) in [5.41, 5.74) is 1.61. The van der Waals surface area contributed by atoms with Crippen LogP contribution in [0.5, 0.6) is 0 Å². The average molecular weight is 421 g/mol. The minimum absolute atomic E-state index is 0.0996. The Morgan fingerprint density at radius 2 is 2.00 bits per heavy atom. The second-order valence-electron chi connectivity index (χ2n) is 6.59. The standard InChI is InChI=1S/C20H28N4O4S/c1-5-13-18(19(26)28-6-2)15(23-20(27)22-13)11-24(3)12-17(25)21-14-9-7-8-10-16(14)29-4/h7-10,13H,5-6,11-12H2,1-4H3,(H,21,25)(H2,22,23,27)/t13-/m1/s1. The van der Waals surface area contributed by atoms with E-state index in [9.17, 15) is 14.4 Å². The molecule has 0 aliphatic carbocycles. The number of carbonyl (C=O) groups excluding carboxylic acids is 3. The van der Waals surface area contributed by atoms with Crippen molar-refractivity contribution in [2.24, 2.45) is 0 Å². The minimum atomic E-state index is -0.464. The third kappa shape index (κ3) is 6.23. The van der Waals surface area contributed by atoms with E-state index in [1.807, 2.05) is 37.4 Å². The Bertz CT molecular complexity index is 796. The van der Waals surface area contributed by atoms with E-state index < -0.39 is 12.0 Å². The second-order valence-corrected chi connectivity index (χ2v) is 7.44. The van der Waals surface area contributed by atoms with Gasteiger partial charge in [0, 0.05) is 17.1 Å². The Labute approximate surface area is 175 Å². The molecule has 29 heavy (non-hydrogen) atoms. The predicted octanol–water partition coefficient (Wildman–Crippen LogP) is 2.19. The van der Waals surface area contributed by atoms with E-state index in [-0.39, 0.29) is 31.6 Å². The summed E-state index contributed by atoms with van der Waals surface area (Å²) < 4.78 is 5.16. The maximum Gasteiger partial charge on any atom is 0.337 e. The summed E-state index contributed by atoms with van der Waals surface area (Å²) >= 11 is 1.55.